The molecule has 3 aromatic rings. The molecule has 0 bridgehead atoms. The zero-order chi connectivity index (χ0) is 23.0. The van der Waals surface area contributed by atoms with Gasteiger partial charge in [0.1, 0.15) is 11.6 Å². The van der Waals surface area contributed by atoms with E-state index in [1.165, 1.54) is 18.3 Å². The number of halogens is 2. The van der Waals surface area contributed by atoms with Gasteiger partial charge in [-0.2, -0.15) is 5.10 Å². The van der Waals surface area contributed by atoms with E-state index in [1.807, 2.05) is 12.1 Å². The van der Waals surface area contributed by atoms with Crippen LogP contribution in [0.4, 0.5) is 14.5 Å². The molecule has 1 aliphatic carbocycles. The van der Waals surface area contributed by atoms with Crippen LogP contribution in [0, 0.1) is 11.6 Å². The van der Waals surface area contributed by atoms with E-state index in [4.69, 9.17) is 0 Å². The number of hydrogen-bond acceptors (Lipinski definition) is 4. The molecule has 2 aromatic heterocycles. The second-order valence-electron chi connectivity index (χ2n) is 9.24. The summed E-state index contributed by atoms with van der Waals surface area (Å²) in [5.41, 5.74) is 1.66. The number of amides is 1. The molecule has 2 aliphatic rings. The molecule has 0 unspecified atom stereocenters. The molecule has 5 rings (SSSR count). The Morgan fingerprint density at radius 1 is 1.15 bits per heavy atom. The highest BCUT2D eigenvalue weighted by molar-refractivity contribution is 6.01. The van der Waals surface area contributed by atoms with Gasteiger partial charge in [0.15, 0.2) is 0 Å². The number of carbonyl (C=O) groups is 1. The summed E-state index contributed by atoms with van der Waals surface area (Å²) in [6.45, 7) is 0.623. The quantitative estimate of drug-likeness (QED) is 0.600. The van der Waals surface area contributed by atoms with E-state index in [1.54, 1.807) is 10.7 Å². The van der Waals surface area contributed by atoms with Crippen LogP contribution in [0.15, 0.2) is 42.7 Å². The summed E-state index contributed by atoms with van der Waals surface area (Å²) in [6.07, 6.45) is 9.48. The van der Waals surface area contributed by atoms with Crippen LogP contribution in [0.3, 0.4) is 0 Å². The predicted octanol–water partition coefficient (Wildman–Crippen LogP) is 4.38. The van der Waals surface area contributed by atoms with E-state index in [0.717, 1.165) is 56.7 Å². The lowest BCUT2D eigenvalue weighted by molar-refractivity contribution is 0.0760. The maximum Gasteiger partial charge on any atom is 0.255 e. The maximum atomic E-state index is 14.5. The summed E-state index contributed by atoms with van der Waals surface area (Å²) in [7, 11) is 0. The number of pyridine rings is 1. The first-order valence-corrected chi connectivity index (χ1v) is 11.6. The lowest BCUT2D eigenvalue weighted by Crippen LogP contribution is -2.52. The van der Waals surface area contributed by atoms with Crippen molar-refractivity contribution in [1.29, 1.82) is 0 Å². The topological polar surface area (TPSA) is 69.9 Å². The molecule has 1 saturated heterocycles. The van der Waals surface area contributed by atoms with E-state index >= 15 is 0 Å². The summed E-state index contributed by atoms with van der Waals surface area (Å²) in [4.78, 5) is 15.2. The van der Waals surface area contributed by atoms with Gasteiger partial charge in [0.25, 0.3) is 5.91 Å². The molecule has 174 valence electrons. The third kappa shape index (κ3) is 4.08. The summed E-state index contributed by atoms with van der Waals surface area (Å²) >= 11 is 0. The van der Waals surface area contributed by atoms with E-state index in [9.17, 15) is 18.7 Å². The van der Waals surface area contributed by atoms with E-state index in [-0.39, 0.29) is 18.6 Å². The molecule has 1 atom stereocenters. The molecule has 3 heterocycles. The Balaban J connectivity index is 1.45. The van der Waals surface area contributed by atoms with Gasteiger partial charge in [-0.15, -0.1) is 0 Å². The van der Waals surface area contributed by atoms with E-state index in [2.05, 4.69) is 15.3 Å². The fourth-order valence-electron chi connectivity index (χ4n) is 5.35. The van der Waals surface area contributed by atoms with E-state index < -0.39 is 17.2 Å². The minimum atomic E-state index is -0.587. The van der Waals surface area contributed by atoms with Gasteiger partial charge in [-0.05, 0) is 56.0 Å². The average molecular weight is 455 g/mol. The summed E-state index contributed by atoms with van der Waals surface area (Å²) in [5, 5.41) is 17.4. The number of benzene rings is 1. The van der Waals surface area contributed by atoms with Crippen LogP contribution < -0.4 is 10.2 Å². The van der Waals surface area contributed by atoms with Crippen molar-refractivity contribution in [2.45, 2.75) is 56.5 Å². The number of hydrogen-bond donors (Lipinski definition) is 2. The monoisotopic (exact) mass is 454 g/mol. The average Bonchev–Trinajstić information content (AvgIpc) is 3.48. The van der Waals surface area contributed by atoms with Gasteiger partial charge in [-0.25, -0.2) is 13.3 Å². The first kappa shape index (κ1) is 21.8. The van der Waals surface area contributed by atoms with Crippen molar-refractivity contribution in [2.24, 2.45) is 0 Å². The molecule has 1 aliphatic heterocycles. The number of nitrogens with one attached hydrogen (secondary N) is 1. The van der Waals surface area contributed by atoms with Gasteiger partial charge < -0.3 is 15.3 Å². The number of anilines is 1. The summed E-state index contributed by atoms with van der Waals surface area (Å²) in [6, 6.07) is 7.06. The number of carbonyl (C=O) groups excluding carboxylic acids is 1. The molecule has 2 fully saturated rings. The van der Waals surface area contributed by atoms with Crippen LogP contribution in [0.1, 0.15) is 66.9 Å². The fourth-order valence-corrected chi connectivity index (χ4v) is 5.35. The van der Waals surface area contributed by atoms with Gasteiger partial charge in [0.2, 0.25) is 0 Å². The van der Waals surface area contributed by atoms with Crippen LogP contribution in [0.5, 0.6) is 0 Å². The van der Waals surface area contributed by atoms with Crippen molar-refractivity contribution >= 4 is 17.1 Å². The van der Waals surface area contributed by atoms with Crippen LogP contribution in [0.2, 0.25) is 0 Å². The highest BCUT2D eigenvalue weighted by Crippen LogP contribution is 2.38. The number of aliphatic hydroxyl groups is 1. The van der Waals surface area contributed by atoms with Crippen molar-refractivity contribution in [3.05, 3.63) is 65.5 Å². The normalized spacial score (nSPS) is 20.3. The lowest BCUT2D eigenvalue weighted by Gasteiger charge is -2.36. The van der Waals surface area contributed by atoms with Crippen molar-refractivity contribution in [3.63, 3.8) is 0 Å². The van der Waals surface area contributed by atoms with Crippen LogP contribution >= 0.6 is 0 Å². The molecule has 6 nitrogen and oxygen atoms in total. The van der Waals surface area contributed by atoms with Crippen molar-refractivity contribution in [3.8, 4) is 0 Å². The molecule has 33 heavy (non-hydrogen) atoms. The van der Waals surface area contributed by atoms with Crippen molar-refractivity contribution < 1.29 is 18.7 Å². The minimum absolute atomic E-state index is 0.0855. The second-order valence-corrected chi connectivity index (χ2v) is 9.24. The largest absolute Gasteiger partial charge is 0.394 e. The molecule has 0 spiro atoms. The molecule has 1 aromatic carbocycles. The second kappa shape index (κ2) is 8.74. The van der Waals surface area contributed by atoms with Gasteiger partial charge >= 0.3 is 0 Å². The van der Waals surface area contributed by atoms with Crippen LogP contribution in [-0.2, 0) is 0 Å². The number of fused-ring (bicyclic) bond motifs is 1. The predicted molar refractivity (Wildman–Crippen MR) is 121 cm³/mol. The molecule has 8 heteroatoms. The van der Waals surface area contributed by atoms with E-state index in [0.29, 0.717) is 23.2 Å². The minimum Gasteiger partial charge on any atom is -0.394 e. The third-order valence-electron chi connectivity index (χ3n) is 7.14. The standard InChI is InChI=1S/C25H28F2N4O2/c26-17-6-7-21(27)19(13-17)22-5-4-11-30(22)18-8-12-31-23(14-18)20(15-28-31)24(33)29-25(16-32)9-2-1-3-10-25/h6-8,12-15,22,32H,1-5,9-11,16H2,(H,29,33)/t22-/m1/s1. The fraction of sp³-hybridized carbons (Fsp3) is 0.440. The first-order chi connectivity index (χ1) is 16.0. The molecule has 1 saturated carbocycles. The Kier molecular flexibility index (Phi) is 5.78. The van der Waals surface area contributed by atoms with Gasteiger partial charge in [-0.3, -0.25) is 4.79 Å². The molecule has 2 N–H and O–H groups in total. The van der Waals surface area contributed by atoms with Crippen molar-refractivity contribution in [2.75, 3.05) is 18.1 Å². The van der Waals surface area contributed by atoms with Crippen LogP contribution in [-0.4, -0.2) is 39.3 Å². The Labute approximate surface area is 191 Å². The highest BCUT2D eigenvalue weighted by atomic mass is 19.1. The number of rotatable bonds is 5. The Morgan fingerprint density at radius 3 is 2.76 bits per heavy atom. The number of aliphatic hydroxyl groups excluding tert-OH is 1. The van der Waals surface area contributed by atoms with Crippen LogP contribution in [0.25, 0.3) is 5.52 Å². The van der Waals surface area contributed by atoms with Gasteiger partial charge in [0.05, 0.1) is 35.5 Å². The first-order valence-electron chi connectivity index (χ1n) is 11.6. The highest BCUT2D eigenvalue weighted by Gasteiger charge is 2.34. The third-order valence-corrected chi connectivity index (χ3v) is 7.14. The van der Waals surface area contributed by atoms with Gasteiger partial charge in [-0.1, -0.05) is 19.3 Å². The molecular weight excluding hydrogens is 426 g/mol. The zero-order valence-electron chi connectivity index (χ0n) is 18.4. The maximum absolute atomic E-state index is 14.5. The number of aromatic nitrogens is 2. The number of nitrogens with zero attached hydrogens (tertiary/aromatic N) is 3. The van der Waals surface area contributed by atoms with Gasteiger partial charge in [0, 0.05) is 24.0 Å². The molecule has 1 amide bonds. The summed E-state index contributed by atoms with van der Waals surface area (Å²) < 4.78 is 30.0. The molecular formula is C25H28F2N4O2. The van der Waals surface area contributed by atoms with Crippen molar-refractivity contribution in [1.82, 2.24) is 14.9 Å². The zero-order valence-corrected chi connectivity index (χ0v) is 18.4. The Hall–Kier alpha value is -3.00. The molecule has 0 radical (unpaired) electrons. The Morgan fingerprint density at radius 2 is 1.97 bits per heavy atom. The Bertz CT molecular complexity index is 1170. The smallest absolute Gasteiger partial charge is 0.255 e. The summed E-state index contributed by atoms with van der Waals surface area (Å²) in [5.74, 6) is -1.13. The SMILES string of the molecule is O=C(NC1(CO)CCCCC1)c1cnn2ccc(N3CCC[C@@H]3c3cc(F)ccc3F)cc12. The lowest BCUT2D eigenvalue weighted by atomic mass is 9.82.